The first-order valence-electron chi connectivity index (χ1n) is 9.13. The van der Waals surface area contributed by atoms with Crippen LogP contribution in [0, 0.1) is 13.8 Å². The van der Waals surface area contributed by atoms with Crippen LogP contribution in [0.1, 0.15) is 27.2 Å². The lowest BCUT2D eigenvalue weighted by molar-refractivity contribution is 0.102. The van der Waals surface area contributed by atoms with Crippen molar-refractivity contribution in [3.8, 4) is 5.75 Å². The zero-order valence-electron chi connectivity index (χ0n) is 16.3. The number of carbonyl (C=O) groups excluding carboxylic acids is 1. The molecule has 0 saturated carbocycles. The zero-order chi connectivity index (χ0) is 19.9. The van der Waals surface area contributed by atoms with E-state index in [1.54, 1.807) is 19.4 Å². The number of aromatic nitrogens is 2. The number of nitrogens with zero attached hydrogens (tertiary/aromatic N) is 2. The maximum Gasteiger partial charge on any atom is 0.274 e. The quantitative estimate of drug-likeness (QED) is 0.652. The summed E-state index contributed by atoms with van der Waals surface area (Å²) in [6.45, 7) is 4.66. The fourth-order valence-electron chi connectivity index (χ4n) is 2.92. The third kappa shape index (κ3) is 5.30. The number of hydrogen-bond donors (Lipinski definition) is 2. The molecular weight excluding hydrogens is 352 g/mol. The van der Waals surface area contributed by atoms with Crippen LogP contribution < -0.4 is 15.4 Å². The lowest BCUT2D eigenvalue weighted by atomic mass is 10.1. The number of ether oxygens (including phenoxy) is 1. The van der Waals surface area contributed by atoms with Gasteiger partial charge >= 0.3 is 0 Å². The highest BCUT2D eigenvalue weighted by Gasteiger charge is 2.10. The second-order valence-electron chi connectivity index (χ2n) is 6.62. The molecule has 0 spiro atoms. The van der Waals surface area contributed by atoms with Crippen molar-refractivity contribution in [3.05, 3.63) is 77.1 Å². The third-order valence-electron chi connectivity index (χ3n) is 4.22. The van der Waals surface area contributed by atoms with Crippen LogP contribution in [-0.4, -0.2) is 29.5 Å². The van der Waals surface area contributed by atoms with Gasteiger partial charge in [0.2, 0.25) is 5.95 Å². The Hall–Kier alpha value is -3.41. The molecule has 0 radical (unpaired) electrons. The van der Waals surface area contributed by atoms with Crippen molar-refractivity contribution >= 4 is 17.5 Å². The topological polar surface area (TPSA) is 76.1 Å². The monoisotopic (exact) mass is 376 g/mol. The zero-order valence-corrected chi connectivity index (χ0v) is 16.3. The first-order chi connectivity index (χ1) is 13.5. The van der Waals surface area contributed by atoms with Crippen molar-refractivity contribution in [1.82, 2.24) is 9.97 Å². The molecule has 0 atom stereocenters. The van der Waals surface area contributed by atoms with Crippen LogP contribution in [0.4, 0.5) is 11.6 Å². The third-order valence-corrected chi connectivity index (χ3v) is 4.22. The summed E-state index contributed by atoms with van der Waals surface area (Å²) in [4.78, 5) is 21.0. The molecule has 28 heavy (non-hydrogen) atoms. The number of methoxy groups -OCH3 is 1. The van der Waals surface area contributed by atoms with E-state index in [1.165, 1.54) is 5.56 Å². The minimum Gasteiger partial charge on any atom is -0.497 e. The molecule has 3 aromatic rings. The molecule has 0 aliphatic heterocycles. The van der Waals surface area contributed by atoms with E-state index in [4.69, 9.17) is 4.74 Å². The van der Waals surface area contributed by atoms with Crippen molar-refractivity contribution in [2.75, 3.05) is 24.3 Å². The van der Waals surface area contributed by atoms with Gasteiger partial charge in [-0.3, -0.25) is 4.79 Å². The van der Waals surface area contributed by atoms with Crippen LogP contribution in [0.25, 0.3) is 0 Å². The van der Waals surface area contributed by atoms with E-state index < -0.39 is 0 Å². The van der Waals surface area contributed by atoms with Crippen molar-refractivity contribution in [2.45, 2.75) is 20.3 Å². The van der Waals surface area contributed by atoms with Gasteiger partial charge in [-0.05, 0) is 67.3 Å². The van der Waals surface area contributed by atoms with Crippen LogP contribution in [0.2, 0.25) is 0 Å². The van der Waals surface area contributed by atoms with E-state index >= 15 is 0 Å². The Kier molecular flexibility index (Phi) is 6.22. The fourth-order valence-corrected chi connectivity index (χ4v) is 2.92. The number of aryl methyl sites for hydroxylation is 2. The van der Waals surface area contributed by atoms with Crippen molar-refractivity contribution in [3.63, 3.8) is 0 Å². The summed E-state index contributed by atoms with van der Waals surface area (Å²) in [7, 11) is 1.65. The minimum atomic E-state index is -0.259. The van der Waals surface area contributed by atoms with Crippen LogP contribution in [-0.2, 0) is 6.42 Å². The van der Waals surface area contributed by atoms with Crippen molar-refractivity contribution < 1.29 is 9.53 Å². The molecule has 2 N–H and O–H groups in total. The molecule has 1 heterocycles. The van der Waals surface area contributed by atoms with E-state index in [0.717, 1.165) is 29.0 Å². The van der Waals surface area contributed by atoms with E-state index in [9.17, 15) is 4.79 Å². The summed E-state index contributed by atoms with van der Waals surface area (Å²) in [6, 6.07) is 15.4. The van der Waals surface area contributed by atoms with Gasteiger partial charge in [0.15, 0.2) is 0 Å². The minimum absolute atomic E-state index is 0.259. The molecule has 0 aliphatic carbocycles. The van der Waals surface area contributed by atoms with Gasteiger partial charge in [-0.2, -0.15) is 0 Å². The van der Waals surface area contributed by atoms with Gasteiger partial charge in [-0.1, -0.05) is 18.2 Å². The number of carbonyl (C=O) groups is 1. The van der Waals surface area contributed by atoms with E-state index in [-0.39, 0.29) is 5.91 Å². The van der Waals surface area contributed by atoms with Gasteiger partial charge in [-0.25, -0.2) is 9.97 Å². The Labute approximate surface area is 165 Å². The number of nitrogens with one attached hydrogen (secondary N) is 2. The highest BCUT2D eigenvalue weighted by molar-refractivity contribution is 6.03. The summed E-state index contributed by atoms with van der Waals surface area (Å²) in [6.07, 6.45) is 2.39. The average Bonchev–Trinajstić information content (AvgIpc) is 2.68. The standard InChI is InChI=1S/C22H24N4O2/c1-15-12-16(2)14-18(13-15)25-21(27)20-9-11-24-22(26-20)23-10-8-17-4-6-19(28-3)7-5-17/h4-7,9,11-14H,8,10H2,1-3H3,(H,25,27)(H,23,24,26). The molecule has 0 fully saturated rings. The second kappa shape index (κ2) is 8.99. The fraction of sp³-hybridized carbons (Fsp3) is 0.227. The van der Waals surface area contributed by atoms with Gasteiger partial charge in [0, 0.05) is 18.4 Å². The summed E-state index contributed by atoms with van der Waals surface area (Å²) in [5.41, 5.74) is 4.45. The first-order valence-corrected chi connectivity index (χ1v) is 9.13. The Balaban J connectivity index is 1.58. The molecule has 1 aromatic heterocycles. The predicted molar refractivity (Wildman–Crippen MR) is 111 cm³/mol. The lowest BCUT2D eigenvalue weighted by Gasteiger charge is -2.09. The van der Waals surface area contributed by atoms with Crippen LogP contribution in [0.3, 0.4) is 0 Å². The van der Waals surface area contributed by atoms with Crippen LogP contribution in [0.5, 0.6) is 5.75 Å². The molecule has 0 aliphatic rings. The van der Waals surface area contributed by atoms with Crippen molar-refractivity contribution in [1.29, 1.82) is 0 Å². The number of rotatable bonds is 7. The van der Waals surface area contributed by atoms with Gasteiger partial charge < -0.3 is 15.4 Å². The molecule has 1 amide bonds. The van der Waals surface area contributed by atoms with E-state index in [2.05, 4.69) is 26.7 Å². The number of amides is 1. The maximum absolute atomic E-state index is 12.5. The Morgan fingerprint density at radius 1 is 1.04 bits per heavy atom. The molecule has 2 aromatic carbocycles. The molecular formula is C22H24N4O2. The number of anilines is 2. The molecule has 6 nitrogen and oxygen atoms in total. The average molecular weight is 376 g/mol. The Morgan fingerprint density at radius 3 is 2.43 bits per heavy atom. The number of hydrogen-bond acceptors (Lipinski definition) is 5. The van der Waals surface area contributed by atoms with Gasteiger partial charge in [0.1, 0.15) is 11.4 Å². The Morgan fingerprint density at radius 2 is 1.75 bits per heavy atom. The second-order valence-corrected chi connectivity index (χ2v) is 6.62. The highest BCUT2D eigenvalue weighted by Crippen LogP contribution is 2.15. The normalized spacial score (nSPS) is 10.4. The molecule has 0 unspecified atom stereocenters. The maximum atomic E-state index is 12.5. The van der Waals surface area contributed by atoms with Crippen LogP contribution >= 0.6 is 0 Å². The summed E-state index contributed by atoms with van der Waals surface area (Å²) in [5, 5.41) is 6.06. The van der Waals surface area contributed by atoms with E-state index in [1.807, 2.05) is 50.2 Å². The molecule has 0 bridgehead atoms. The Bertz CT molecular complexity index is 935. The van der Waals surface area contributed by atoms with Crippen molar-refractivity contribution in [2.24, 2.45) is 0 Å². The van der Waals surface area contributed by atoms with Gasteiger partial charge in [0.05, 0.1) is 7.11 Å². The molecule has 0 saturated heterocycles. The number of benzene rings is 2. The van der Waals surface area contributed by atoms with Gasteiger partial charge in [-0.15, -0.1) is 0 Å². The van der Waals surface area contributed by atoms with Crippen LogP contribution in [0.15, 0.2) is 54.7 Å². The predicted octanol–water partition coefficient (Wildman–Crippen LogP) is 4.01. The lowest BCUT2D eigenvalue weighted by Crippen LogP contribution is -2.16. The smallest absolute Gasteiger partial charge is 0.274 e. The summed E-state index contributed by atoms with van der Waals surface area (Å²) in [5.74, 6) is 1.01. The molecule has 3 rings (SSSR count). The largest absolute Gasteiger partial charge is 0.497 e. The van der Waals surface area contributed by atoms with E-state index in [0.29, 0.717) is 18.2 Å². The molecule has 6 heteroatoms. The van der Waals surface area contributed by atoms with Gasteiger partial charge in [0.25, 0.3) is 5.91 Å². The first kappa shape index (κ1) is 19.4. The highest BCUT2D eigenvalue weighted by atomic mass is 16.5. The summed E-state index contributed by atoms with van der Waals surface area (Å²) < 4.78 is 5.16. The summed E-state index contributed by atoms with van der Waals surface area (Å²) >= 11 is 0. The molecule has 144 valence electrons. The SMILES string of the molecule is COc1ccc(CCNc2nccc(C(=O)Nc3cc(C)cc(C)c3)n2)cc1.